The number of hydrogen-bond acceptors (Lipinski definition) is 4. The molecule has 3 rings (SSSR count). The lowest BCUT2D eigenvalue weighted by atomic mass is 9.79. The quantitative estimate of drug-likeness (QED) is 0.696. The number of rotatable bonds is 6. The summed E-state index contributed by atoms with van der Waals surface area (Å²) in [6.45, 7) is 3.50. The summed E-state index contributed by atoms with van der Waals surface area (Å²) in [4.78, 5) is 29.0. The molecule has 0 spiro atoms. The number of fused-ring (bicyclic) bond motifs is 2. The van der Waals surface area contributed by atoms with Crippen molar-refractivity contribution in [3.05, 3.63) is 0 Å². The zero-order valence-electron chi connectivity index (χ0n) is 15.2. The normalized spacial score (nSPS) is 31.0. The van der Waals surface area contributed by atoms with Crippen LogP contribution in [0, 0.1) is 17.8 Å². The summed E-state index contributed by atoms with van der Waals surface area (Å²) in [5.41, 5.74) is 0. The number of carbonyl (C=O) groups is 2. The van der Waals surface area contributed by atoms with E-state index in [1.165, 1.54) is 0 Å². The molecule has 2 saturated carbocycles. The highest BCUT2D eigenvalue weighted by Crippen LogP contribution is 2.42. The van der Waals surface area contributed by atoms with Crippen molar-refractivity contribution >= 4 is 11.7 Å². The topological polar surface area (TPSA) is 49.9 Å². The first-order valence-electron chi connectivity index (χ1n) is 9.63. The van der Waals surface area contributed by atoms with Crippen molar-refractivity contribution in [3.8, 4) is 0 Å². The number of amides is 1. The predicted molar refractivity (Wildman–Crippen MR) is 92.7 cm³/mol. The summed E-state index contributed by atoms with van der Waals surface area (Å²) < 4.78 is 5.96. The molecule has 0 aromatic carbocycles. The zero-order valence-corrected chi connectivity index (χ0v) is 15.2. The van der Waals surface area contributed by atoms with Crippen LogP contribution in [-0.4, -0.2) is 67.9 Å². The van der Waals surface area contributed by atoms with Crippen molar-refractivity contribution in [2.24, 2.45) is 17.8 Å². The molecular weight excluding hydrogens is 304 g/mol. The van der Waals surface area contributed by atoms with Crippen LogP contribution in [0.1, 0.15) is 44.9 Å². The fourth-order valence-corrected chi connectivity index (χ4v) is 4.60. The summed E-state index contributed by atoms with van der Waals surface area (Å²) >= 11 is 0. The number of carbonyl (C=O) groups excluding carboxylic acids is 2. The molecule has 3 aliphatic rings. The zero-order chi connectivity index (χ0) is 17.1. The Bertz CT molecular complexity index is 442. The van der Waals surface area contributed by atoms with Gasteiger partial charge in [0.1, 0.15) is 5.78 Å². The van der Waals surface area contributed by atoms with E-state index in [0.717, 1.165) is 71.2 Å². The number of hydrogen-bond donors (Lipinski definition) is 0. The first-order chi connectivity index (χ1) is 11.5. The van der Waals surface area contributed by atoms with Crippen LogP contribution < -0.4 is 0 Å². The highest BCUT2D eigenvalue weighted by Gasteiger charge is 2.44. The van der Waals surface area contributed by atoms with Crippen molar-refractivity contribution in [1.29, 1.82) is 0 Å². The van der Waals surface area contributed by atoms with Crippen LogP contribution in [0.4, 0.5) is 0 Å². The lowest BCUT2D eigenvalue weighted by molar-refractivity contribution is -0.142. The third-order valence-electron chi connectivity index (χ3n) is 6.01. The van der Waals surface area contributed by atoms with Gasteiger partial charge in [0.05, 0.1) is 6.10 Å². The van der Waals surface area contributed by atoms with Gasteiger partial charge in [-0.2, -0.15) is 0 Å². The average Bonchev–Trinajstić information content (AvgIpc) is 2.79. The third-order valence-corrected chi connectivity index (χ3v) is 6.01. The molecule has 0 radical (unpaired) electrons. The van der Waals surface area contributed by atoms with E-state index in [2.05, 4.69) is 19.0 Å². The third kappa shape index (κ3) is 4.17. The van der Waals surface area contributed by atoms with E-state index < -0.39 is 0 Å². The summed E-state index contributed by atoms with van der Waals surface area (Å²) in [6, 6.07) is 0. The van der Waals surface area contributed by atoms with E-state index in [0.29, 0.717) is 17.8 Å². The van der Waals surface area contributed by atoms with E-state index >= 15 is 0 Å². The minimum atomic E-state index is 0.0951. The van der Waals surface area contributed by atoms with Gasteiger partial charge in [0, 0.05) is 37.5 Å². The van der Waals surface area contributed by atoms with E-state index in [1.807, 2.05) is 4.90 Å². The van der Waals surface area contributed by atoms with E-state index in [1.54, 1.807) is 0 Å². The fraction of sp³-hybridized carbons (Fsp3) is 0.895. The van der Waals surface area contributed by atoms with Crippen LogP contribution in [0.15, 0.2) is 0 Å². The van der Waals surface area contributed by atoms with E-state index in [4.69, 9.17) is 4.74 Å². The molecule has 1 amide bonds. The Labute approximate surface area is 145 Å². The maximum absolute atomic E-state index is 12.8. The summed E-state index contributed by atoms with van der Waals surface area (Å²) in [5.74, 6) is 1.18. The van der Waals surface area contributed by atoms with Gasteiger partial charge in [-0.15, -0.1) is 0 Å². The van der Waals surface area contributed by atoms with Crippen molar-refractivity contribution in [2.45, 2.75) is 51.0 Å². The van der Waals surface area contributed by atoms with Crippen LogP contribution in [0.5, 0.6) is 0 Å². The lowest BCUT2D eigenvalue weighted by Crippen LogP contribution is -2.45. The van der Waals surface area contributed by atoms with E-state index in [9.17, 15) is 9.59 Å². The molecule has 5 heteroatoms. The highest BCUT2D eigenvalue weighted by atomic mass is 16.5. The van der Waals surface area contributed by atoms with Gasteiger partial charge in [-0.05, 0) is 65.6 Å². The second-order valence-corrected chi connectivity index (χ2v) is 8.09. The molecule has 0 aromatic rings. The lowest BCUT2D eigenvalue weighted by Gasteiger charge is -2.36. The predicted octanol–water partition coefficient (Wildman–Crippen LogP) is 1.95. The fourth-order valence-electron chi connectivity index (χ4n) is 4.60. The van der Waals surface area contributed by atoms with Crippen molar-refractivity contribution in [1.82, 2.24) is 9.80 Å². The maximum atomic E-state index is 12.8. The van der Waals surface area contributed by atoms with Gasteiger partial charge < -0.3 is 14.5 Å². The molecule has 5 nitrogen and oxygen atoms in total. The standard InChI is InChI=1S/C19H32N2O3/c1-20(2)8-3-11-24-17-6-9-21(10-7-17)19(23)16-12-14-4-5-15(13-16)18(14)22/h14-17H,3-13H2,1-2H3. The van der Waals surface area contributed by atoms with Gasteiger partial charge in [-0.3, -0.25) is 9.59 Å². The van der Waals surface area contributed by atoms with Gasteiger partial charge in [0.15, 0.2) is 0 Å². The number of piperidine rings is 1. The molecule has 0 aromatic heterocycles. The molecular formula is C19H32N2O3. The second-order valence-electron chi connectivity index (χ2n) is 8.09. The van der Waals surface area contributed by atoms with Gasteiger partial charge in [-0.1, -0.05) is 0 Å². The smallest absolute Gasteiger partial charge is 0.225 e. The molecule has 1 saturated heterocycles. The van der Waals surface area contributed by atoms with Crippen LogP contribution >= 0.6 is 0 Å². The Balaban J connectivity index is 1.39. The van der Waals surface area contributed by atoms with Crippen molar-refractivity contribution < 1.29 is 14.3 Å². The Kier molecular flexibility index (Phi) is 5.93. The Morgan fingerprint density at radius 3 is 2.33 bits per heavy atom. The van der Waals surface area contributed by atoms with Gasteiger partial charge in [0.2, 0.25) is 5.91 Å². The maximum Gasteiger partial charge on any atom is 0.225 e. The molecule has 1 aliphatic heterocycles. The number of ketones is 1. The first-order valence-corrected chi connectivity index (χ1v) is 9.63. The van der Waals surface area contributed by atoms with Gasteiger partial charge in [0.25, 0.3) is 0 Å². The molecule has 0 N–H and O–H groups in total. The molecule has 24 heavy (non-hydrogen) atoms. The molecule has 1 heterocycles. The monoisotopic (exact) mass is 336 g/mol. The van der Waals surface area contributed by atoms with Gasteiger partial charge >= 0.3 is 0 Å². The number of Topliss-reactive ketones (excluding diaryl/α,β-unsaturated/α-hetero) is 1. The number of nitrogens with zero attached hydrogens (tertiary/aromatic N) is 2. The van der Waals surface area contributed by atoms with Crippen molar-refractivity contribution in [2.75, 3.05) is 40.3 Å². The van der Waals surface area contributed by atoms with Crippen LogP contribution in [0.2, 0.25) is 0 Å². The summed E-state index contributed by atoms with van der Waals surface area (Å²) in [6.07, 6.45) is 6.89. The minimum Gasteiger partial charge on any atom is -0.378 e. The number of ether oxygens (including phenoxy) is 1. The van der Waals surface area contributed by atoms with E-state index in [-0.39, 0.29) is 17.8 Å². The van der Waals surface area contributed by atoms with Crippen LogP contribution in [-0.2, 0) is 14.3 Å². The average molecular weight is 336 g/mol. The van der Waals surface area contributed by atoms with Crippen LogP contribution in [0.25, 0.3) is 0 Å². The molecule has 2 unspecified atom stereocenters. The molecule has 2 bridgehead atoms. The number of likely N-dealkylation sites (tertiary alicyclic amines) is 1. The molecule has 136 valence electrons. The second kappa shape index (κ2) is 7.96. The Hall–Kier alpha value is -0.940. The minimum absolute atomic E-state index is 0.0951. The molecule has 3 fully saturated rings. The Morgan fingerprint density at radius 2 is 1.75 bits per heavy atom. The SMILES string of the molecule is CN(C)CCCOC1CCN(C(=O)C2CC3CCC(C2)C3=O)CC1. The Morgan fingerprint density at radius 1 is 1.12 bits per heavy atom. The van der Waals surface area contributed by atoms with Crippen LogP contribution in [0.3, 0.4) is 0 Å². The van der Waals surface area contributed by atoms with Crippen molar-refractivity contribution in [3.63, 3.8) is 0 Å². The largest absolute Gasteiger partial charge is 0.378 e. The first kappa shape index (κ1) is 17.9. The summed E-state index contributed by atoms with van der Waals surface area (Å²) in [7, 11) is 4.16. The molecule has 2 aliphatic carbocycles. The molecule has 2 atom stereocenters. The summed E-state index contributed by atoms with van der Waals surface area (Å²) in [5, 5.41) is 0. The highest BCUT2D eigenvalue weighted by molar-refractivity contribution is 5.89. The van der Waals surface area contributed by atoms with Gasteiger partial charge in [-0.25, -0.2) is 0 Å².